The zero-order valence-electron chi connectivity index (χ0n) is 9.98. The predicted molar refractivity (Wildman–Crippen MR) is 68.4 cm³/mol. The van der Waals surface area contributed by atoms with Gasteiger partial charge in [0.15, 0.2) is 0 Å². The van der Waals surface area contributed by atoms with E-state index in [-0.39, 0.29) is 23.1 Å². The molecule has 1 aromatic heterocycles. The van der Waals surface area contributed by atoms with Crippen LogP contribution in [0.2, 0.25) is 0 Å². The Morgan fingerprint density at radius 1 is 1.25 bits per heavy atom. The highest BCUT2D eigenvalue weighted by molar-refractivity contribution is 5.94. The fourth-order valence-corrected chi connectivity index (χ4v) is 1.29. The molecule has 1 heterocycles. The van der Waals surface area contributed by atoms with Gasteiger partial charge in [-0.25, -0.2) is 4.98 Å². The van der Waals surface area contributed by atoms with Gasteiger partial charge in [0.2, 0.25) is 11.9 Å². The SMILES string of the molecule is Nc1ncnc(NNC(=O)c2ccc([N+](=O)[O-])cc2)n1. The van der Waals surface area contributed by atoms with E-state index >= 15 is 0 Å². The van der Waals surface area contributed by atoms with Crippen molar-refractivity contribution in [3.05, 3.63) is 46.3 Å². The number of nitrogen functional groups attached to an aromatic ring is 1. The molecule has 10 nitrogen and oxygen atoms in total. The number of nitro benzene ring substituents is 1. The molecular weight excluding hydrogens is 266 g/mol. The molecule has 20 heavy (non-hydrogen) atoms. The van der Waals surface area contributed by atoms with E-state index in [0.717, 1.165) is 0 Å². The van der Waals surface area contributed by atoms with Crippen LogP contribution in [0.3, 0.4) is 0 Å². The summed E-state index contributed by atoms with van der Waals surface area (Å²) in [7, 11) is 0. The van der Waals surface area contributed by atoms with Gasteiger partial charge in [-0.1, -0.05) is 0 Å². The minimum atomic E-state index is -0.548. The summed E-state index contributed by atoms with van der Waals surface area (Å²) in [6.07, 6.45) is 1.18. The van der Waals surface area contributed by atoms with Crippen LogP contribution in [0.25, 0.3) is 0 Å². The second kappa shape index (κ2) is 5.56. The minimum absolute atomic E-state index is 0.00656. The number of nitro groups is 1. The van der Waals surface area contributed by atoms with Crippen LogP contribution in [-0.2, 0) is 0 Å². The van der Waals surface area contributed by atoms with E-state index in [4.69, 9.17) is 5.73 Å². The average Bonchev–Trinajstić information content (AvgIpc) is 2.45. The van der Waals surface area contributed by atoms with Crippen LogP contribution in [0.1, 0.15) is 10.4 Å². The van der Waals surface area contributed by atoms with Crippen molar-refractivity contribution in [1.82, 2.24) is 20.4 Å². The molecule has 0 aliphatic carbocycles. The van der Waals surface area contributed by atoms with Crippen LogP contribution in [0.4, 0.5) is 17.6 Å². The van der Waals surface area contributed by atoms with Crippen molar-refractivity contribution in [2.24, 2.45) is 0 Å². The lowest BCUT2D eigenvalue weighted by Gasteiger charge is -2.06. The lowest BCUT2D eigenvalue weighted by molar-refractivity contribution is -0.384. The number of nitrogens with zero attached hydrogens (tertiary/aromatic N) is 4. The normalized spacial score (nSPS) is 9.80. The summed E-state index contributed by atoms with van der Waals surface area (Å²) in [5.74, 6) is -0.418. The van der Waals surface area contributed by atoms with Gasteiger partial charge < -0.3 is 5.73 Å². The van der Waals surface area contributed by atoms with Crippen LogP contribution >= 0.6 is 0 Å². The van der Waals surface area contributed by atoms with E-state index in [1.54, 1.807) is 0 Å². The molecule has 1 aromatic carbocycles. The second-order valence-corrected chi connectivity index (χ2v) is 3.55. The first kappa shape index (κ1) is 13.1. The second-order valence-electron chi connectivity index (χ2n) is 3.55. The fraction of sp³-hybridized carbons (Fsp3) is 0. The molecule has 2 rings (SSSR count). The Morgan fingerprint density at radius 3 is 2.55 bits per heavy atom. The standard InChI is InChI=1S/C10H9N7O3/c11-9-12-5-13-10(14-9)16-15-8(18)6-1-3-7(4-2-6)17(19)20/h1-5H,(H,15,18)(H3,11,12,13,14,16). The Bertz CT molecular complexity index is 644. The molecule has 1 amide bonds. The molecule has 10 heteroatoms. The molecular formula is C10H9N7O3. The molecule has 0 aliphatic rings. The number of rotatable bonds is 4. The molecule has 0 bridgehead atoms. The van der Waals surface area contributed by atoms with Gasteiger partial charge in [0.1, 0.15) is 6.33 Å². The van der Waals surface area contributed by atoms with Gasteiger partial charge in [-0.05, 0) is 12.1 Å². The van der Waals surface area contributed by atoms with Crippen LogP contribution < -0.4 is 16.6 Å². The van der Waals surface area contributed by atoms with Crippen LogP contribution in [0.15, 0.2) is 30.6 Å². The van der Waals surface area contributed by atoms with Crippen LogP contribution in [-0.4, -0.2) is 25.8 Å². The molecule has 102 valence electrons. The Morgan fingerprint density at radius 2 is 1.95 bits per heavy atom. The van der Waals surface area contributed by atoms with Crippen LogP contribution in [0, 0.1) is 10.1 Å². The lowest BCUT2D eigenvalue weighted by Crippen LogP contribution is -2.30. The average molecular weight is 275 g/mol. The number of benzene rings is 1. The summed E-state index contributed by atoms with van der Waals surface area (Å²) in [6, 6.07) is 5.12. The first-order valence-corrected chi connectivity index (χ1v) is 5.31. The number of anilines is 2. The monoisotopic (exact) mass is 275 g/mol. The Balaban J connectivity index is 1.99. The zero-order chi connectivity index (χ0) is 14.5. The number of hydrogen-bond donors (Lipinski definition) is 3. The van der Waals surface area contributed by atoms with Crippen molar-refractivity contribution in [2.45, 2.75) is 0 Å². The largest absolute Gasteiger partial charge is 0.368 e. The van der Waals surface area contributed by atoms with Gasteiger partial charge in [0.25, 0.3) is 11.6 Å². The number of hydrogen-bond acceptors (Lipinski definition) is 8. The molecule has 2 aromatic rings. The molecule has 0 aliphatic heterocycles. The molecule has 4 N–H and O–H groups in total. The predicted octanol–water partition coefficient (Wildman–Crippen LogP) is 0.119. The van der Waals surface area contributed by atoms with Gasteiger partial charge in [-0.3, -0.25) is 25.8 Å². The van der Waals surface area contributed by atoms with Crippen molar-refractivity contribution >= 4 is 23.5 Å². The summed E-state index contributed by atoms with van der Waals surface area (Å²) in [5, 5.41) is 10.5. The third-order valence-electron chi connectivity index (χ3n) is 2.22. The molecule has 0 saturated heterocycles. The maximum Gasteiger partial charge on any atom is 0.269 e. The summed E-state index contributed by atoms with van der Waals surface area (Å²) < 4.78 is 0. The minimum Gasteiger partial charge on any atom is -0.368 e. The number of nitrogens with one attached hydrogen (secondary N) is 2. The van der Waals surface area contributed by atoms with E-state index in [0.29, 0.717) is 0 Å². The summed E-state index contributed by atoms with van der Waals surface area (Å²) in [5.41, 5.74) is 10.3. The van der Waals surface area contributed by atoms with Crippen molar-refractivity contribution in [1.29, 1.82) is 0 Å². The highest BCUT2D eigenvalue weighted by Crippen LogP contribution is 2.11. The molecule has 0 saturated carbocycles. The van der Waals surface area contributed by atoms with E-state index in [1.165, 1.54) is 30.6 Å². The summed E-state index contributed by atoms with van der Waals surface area (Å²) >= 11 is 0. The number of amides is 1. The summed E-state index contributed by atoms with van der Waals surface area (Å²) in [6.45, 7) is 0. The highest BCUT2D eigenvalue weighted by atomic mass is 16.6. The zero-order valence-corrected chi connectivity index (χ0v) is 9.98. The third-order valence-corrected chi connectivity index (χ3v) is 2.22. The van der Waals surface area contributed by atoms with Crippen molar-refractivity contribution in [3.8, 4) is 0 Å². The van der Waals surface area contributed by atoms with Crippen molar-refractivity contribution < 1.29 is 9.72 Å². The first-order chi connectivity index (χ1) is 9.56. The highest BCUT2D eigenvalue weighted by Gasteiger charge is 2.09. The van der Waals surface area contributed by atoms with E-state index < -0.39 is 10.8 Å². The van der Waals surface area contributed by atoms with Gasteiger partial charge in [0, 0.05) is 17.7 Å². The van der Waals surface area contributed by atoms with Gasteiger partial charge >= 0.3 is 0 Å². The lowest BCUT2D eigenvalue weighted by atomic mass is 10.2. The molecule has 0 fully saturated rings. The number of aromatic nitrogens is 3. The van der Waals surface area contributed by atoms with E-state index in [1.807, 2.05) is 0 Å². The quantitative estimate of drug-likeness (QED) is 0.526. The third kappa shape index (κ3) is 3.13. The Kier molecular flexibility index (Phi) is 3.65. The number of carbonyl (C=O) groups is 1. The maximum atomic E-state index is 11.7. The van der Waals surface area contributed by atoms with E-state index in [2.05, 4.69) is 25.8 Å². The van der Waals surface area contributed by atoms with Gasteiger partial charge in [0.05, 0.1) is 4.92 Å². The van der Waals surface area contributed by atoms with Crippen molar-refractivity contribution in [3.63, 3.8) is 0 Å². The maximum absolute atomic E-state index is 11.7. The molecule has 0 radical (unpaired) electrons. The van der Waals surface area contributed by atoms with Gasteiger partial charge in [-0.15, -0.1) is 0 Å². The molecule has 0 spiro atoms. The fourth-order valence-electron chi connectivity index (χ4n) is 1.29. The first-order valence-electron chi connectivity index (χ1n) is 5.31. The number of nitrogens with two attached hydrogens (primary N) is 1. The summed E-state index contributed by atoms with van der Waals surface area (Å²) in [4.78, 5) is 32.7. The number of carbonyl (C=O) groups excluding carboxylic acids is 1. The van der Waals surface area contributed by atoms with Gasteiger partial charge in [-0.2, -0.15) is 9.97 Å². The number of non-ortho nitro benzene ring substituents is 1. The Labute approximate surface area is 112 Å². The van der Waals surface area contributed by atoms with Crippen LogP contribution in [0.5, 0.6) is 0 Å². The Hall–Kier alpha value is -3.30. The smallest absolute Gasteiger partial charge is 0.269 e. The molecule has 0 atom stereocenters. The molecule has 0 unspecified atom stereocenters. The van der Waals surface area contributed by atoms with Crippen molar-refractivity contribution in [2.75, 3.05) is 11.2 Å². The van der Waals surface area contributed by atoms with E-state index in [9.17, 15) is 14.9 Å². The topological polar surface area (TPSA) is 149 Å². The number of hydrazine groups is 1.